The highest BCUT2D eigenvalue weighted by Gasteiger charge is 2.27. The van der Waals surface area contributed by atoms with Crippen molar-refractivity contribution in [2.24, 2.45) is 11.8 Å². The number of nitrogens with zero attached hydrogens (tertiary/aromatic N) is 1. The van der Waals surface area contributed by atoms with Crippen molar-refractivity contribution in [2.75, 3.05) is 5.73 Å². The Morgan fingerprint density at radius 2 is 1.94 bits per heavy atom. The van der Waals surface area contributed by atoms with Crippen LogP contribution in [0.5, 0.6) is 0 Å². The Kier molecular flexibility index (Phi) is 3.84. The van der Waals surface area contributed by atoms with Crippen LogP contribution in [0.15, 0.2) is 18.5 Å². The molecule has 1 heterocycles. The molecule has 0 saturated heterocycles. The van der Waals surface area contributed by atoms with E-state index in [-0.39, 0.29) is 12.1 Å². The number of anilines is 1. The maximum Gasteiger partial charge on any atom is 0.340 e. The first-order valence-electron chi connectivity index (χ1n) is 6.46. The fraction of sp³-hybridized carbons (Fsp3) is 0.571. The third kappa shape index (κ3) is 3.22. The topological polar surface area (TPSA) is 65.2 Å². The number of esters is 1. The number of aromatic nitrogens is 1. The van der Waals surface area contributed by atoms with Gasteiger partial charge in [-0.25, -0.2) is 4.79 Å². The molecule has 0 amide bonds. The second kappa shape index (κ2) is 5.38. The quantitative estimate of drug-likeness (QED) is 0.817. The summed E-state index contributed by atoms with van der Waals surface area (Å²) in [6.07, 6.45) is 6.15. The first kappa shape index (κ1) is 12.9. The molecule has 0 aliphatic heterocycles. The predicted octanol–water partition coefficient (Wildman–Crippen LogP) is 2.65. The van der Waals surface area contributed by atoms with E-state index in [4.69, 9.17) is 10.5 Å². The van der Waals surface area contributed by atoms with Crippen LogP contribution in [0.2, 0.25) is 0 Å². The van der Waals surface area contributed by atoms with Gasteiger partial charge in [-0.3, -0.25) is 4.98 Å². The van der Waals surface area contributed by atoms with Gasteiger partial charge in [-0.2, -0.15) is 0 Å². The summed E-state index contributed by atoms with van der Waals surface area (Å²) in [5, 5.41) is 0. The van der Waals surface area contributed by atoms with E-state index < -0.39 is 0 Å². The molecule has 18 heavy (non-hydrogen) atoms. The molecule has 4 nitrogen and oxygen atoms in total. The molecule has 1 fully saturated rings. The fourth-order valence-corrected chi connectivity index (χ4v) is 2.76. The molecule has 0 radical (unpaired) electrons. The number of hydrogen-bond acceptors (Lipinski definition) is 4. The Balaban J connectivity index is 1.99. The second-order valence-electron chi connectivity index (χ2n) is 5.45. The van der Waals surface area contributed by atoms with Crippen molar-refractivity contribution >= 4 is 11.7 Å². The molecule has 1 aliphatic rings. The molecule has 98 valence electrons. The molecular formula is C14H20N2O2. The van der Waals surface area contributed by atoms with Crippen LogP contribution in [0.25, 0.3) is 0 Å². The standard InChI is InChI=1S/C14H20N2O2/c1-9-3-10(2)5-13(4-9)18-14(17)11-6-12(15)8-16-7-11/h6-10,13H,3-5,15H2,1-2H3. The van der Waals surface area contributed by atoms with E-state index in [2.05, 4.69) is 18.8 Å². The van der Waals surface area contributed by atoms with Crippen LogP contribution in [-0.2, 0) is 4.74 Å². The third-order valence-corrected chi connectivity index (χ3v) is 3.40. The lowest BCUT2D eigenvalue weighted by Gasteiger charge is -2.30. The highest BCUT2D eigenvalue weighted by molar-refractivity contribution is 5.90. The number of carbonyl (C=O) groups is 1. The largest absolute Gasteiger partial charge is 0.459 e. The molecule has 1 saturated carbocycles. The minimum absolute atomic E-state index is 0.0256. The molecule has 2 N–H and O–H groups in total. The number of nitrogens with two attached hydrogens (primary N) is 1. The van der Waals surface area contributed by atoms with Crippen molar-refractivity contribution in [1.29, 1.82) is 0 Å². The normalized spacial score (nSPS) is 27.8. The van der Waals surface area contributed by atoms with Crippen LogP contribution >= 0.6 is 0 Å². The van der Waals surface area contributed by atoms with E-state index in [9.17, 15) is 4.79 Å². The Bertz CT molecular complexity index is 424. The zero-order valence-electron chi connectivity index (χ0n) is 10.9. The zero-order valence-corrected chi connectivity index (χ0v) is 10.9. The minimum atomic E-state index is -0.318. The van der Waals surface area contributed by atoms with E-state index >= 15 is 0 Å². The molecule has 0 aromatic carbocycles. The smallest absolute Gasteiger partial charge is 0.340 e. The fourth-order valence-electron chi connectivity index (χ4n) is 2.76. The monoisotopic (exact) mass is 248 g/mol. The van der Waals surface area contributed by atoms with E-state index in [0.717, 1.165) is 12.8 Å². The molecule has 2 unspecified atom stereocenters. The van der Waals surface area contributed by atoms with Crippen molar-refractivity contribution in [1.82, 2.24) is 4.98 Å². The molecule has 0 bridgehead atoms. The number of rotatable bonds is 2. The van der Waals surface area contributed by atoms with Crippen LogP contribution in [0.1, 0.15) is 43.5 Å². The van der Waals surface area contributed by atoms with Crippen molar-refractivity contribution in [3.05, 3.63) is 24.0 Å². The summed E-state index contributed by atoms with van der Waals surface area (Å²) in [4.78, 5) is 15.9. The summed E-state index contributed by atoms with van der Waals surface area (Å²) < 4.78 is 5.54. The van der Waals surface area contributed by atoms with Crippen molar-refractivity contribution in [2.45, 2.75) is 39.2 Å². The van der Waals surface area contributed by atoms with Crippen LogP contribution < -0.4 is 5.73 Å². The SMILES string of the molecule is CC1CC(C)CC(OC(=O)c2cncc(N)c2)C1. The molecule has 2 rings (SSSR count). The predicted molar refractivity (Wildman–Crippen MR) is 70.0 cm³/mol. The molecule has 1 aromatic rings. The number of hydrogen-bond donors (Lipinski definition) is 1. The van der Waals surface area contributed by atoms with Crippen molar-refractivity contribution in [3.8, 4) is 0 Å². The van der Waals surface area contributed by atoms with Gasteiger partial charge in [0.1, 0.15) is 6.10 Å². The van der Waals surface area contributed by atoms with Crippen LogP contribution in [0.4, 0.5) is 5.69 Å². The van der Waals surface area contributed by atoms with Gasteiger partial charge in [0, 0.05) is 12.4 Å². The minimum Gasteiger partial charge on any atom is -0.459 e. The average Bonchev–Trinajstić information content (AvgIpc) is 2.27. The van der Waals surface area contributed by atoms with E-state index in [1.165, 1.54) is 18.8 Å². The van der Waals surface area contributed by atoms with Gasteiger partial charge >= 0.3 is 5.97 Å². The highest BCUT2D eigenvalue weighted by atomic mass is 16.5. The van der Waals surface area contributed by atoms with Gasteiger partial charge < -0.3 is 10.5 Å². The number of carbonyl (C=O) groups excluding carboxylic acids is 1. The Labute approximate surface area is 108 Å². The van der Waals surface area contributed by atoms with Crippen LogP contribution in [0, 0.1) is 11.8 Å². The van der Waals surface area contributed by atoms with Gasteiger partial charge in [0.05, 0.1) is 11.3 Å². The van der Waals surface area contributed by atoms with Crippen LogP contribution in [0.3, 0.4) is 0 Å². The first-order chi connectivity index (χ1) is 8.54. The Hall–Kier alpha value is -1.58. The van der Waals surface area contributed by atoms with E-state index in [0.29, 0.717) is 23.1 Å². The van der Waals surface area contributed by atoms with E-state index in [1.54, 1.807) is 6.07 Å². The van der Waals surface area contributed by atoms with E-state index in [1.807, 2.05) is 0 Å². The zero-order chi connectivity index (χ0) is 13.1. The van der Waals surface area contributed by atoms with Crippen molar-refractivity contribution < 1.29 is 9.53 Å². The summed E-state index contributed by atoms with van der Waals surface area (Å²) in [5.41, 5.74) is 6.52. The number of pyridine rings is 1. The first-order valence-corrected chi connectivity index (χ1v) is 6.46. The summed E-state index contributed by atoms with van der Waals surface area (Å²) in [5.74, 6) is 0.914. The van der Waals surface area contributed by atoms with Gasteiger partial charge in [0.2, 0.25) is 0 Å². The summed E-state index contributed by atoms with van der Waals surface area (Å²) in [7, 11) is 0. The molecule has 4 heteroatoms. The lowest BCUT2D eigenvalue weighted by Crippen LogP contribution is -2.28. The lowest BCUT2D eigenvalue weighted by atomic mass is 9.82. The highest BCUT2D eigenvalue weighted by Crippen LogP contribution is 2.30. The van der Waals surface area contributed by atoms with Gasteiger partial charge in [-0.05, 0) is 37.2 Å². The Morgan fingerprint density at radius 3 is 2.56 bits per heavy atom. The number of nitrogen functional groups attached to an aromatic ring is 1. The molecule has 2 atom stereocenters. The number of ether oxygens (including phenoxy) is 1. The molecular weight excluding hydrogens is 228 g/mol. The lowest BCUT2D eigenvalue weighted by molar-refractivity contribution is 0.00802. The van der Waals surface area contributed by atoms with Gasteiger partial charge in [-0.15, -0.1) is 0 Å². The summed E-state index contributed by atoms with van der Waals surface area (Å²) >= 11 is 0. The van der Waals surface area contributed by atoms with Crippen LogP contribution in [-0.4, -0.2) is 17.1 Å². The maximum absolute atomic E-state index is 12.0. The molecule has 1 aliphatic carbocycles. The second-order valence-corrected chi connectivity index (χ2v) is 5.45. The summed E-state index contributed by atoms with van der Waals surface area (Å²) in [6, 6.07) is 1.60. The van der Waals surface area contributed by atoms with Gasteiger partial charge in [-0.1, -0.05) is 13.8 Å². The van der Waals surface area contributed by atoms with Gasteiger partial charge in [0.25, 0.3) is 0 Å². The molecule has 0 spiro atoms. The maximum atomic E-state index is 12.0. The third-order valence-electron chi connectivity index (χ3n) is 3.40. The van der Waals surface area contributed by atoms with Crippen molar-refractivity contribution in [3.63, 3.8) is 0 Å². The van der Waals surface area contributed by atoms with Gasteiger partial charge in [0.15, 0.2) is 0 Å². The Morgan fingerprint density at radius 1 is 1.28 bits per heavy atom. The average molecular weight is 248 g/mol. The molecule has 1 aromatic heterocycles. The summed E-state index contributed by atoms with van der Waals surface area (Å²) in [6.45, 7) is 4.41.